The molecule has 0 N–H and O–H groups in total. The maximum atomic E-state index is 12.4. The topological polar surface area (TPSA) is 93.4 Å². The summed E-state index contributed by atoms with van der Waals surface area (Å²) >= 11 is 0. The quantitative estimate of drug-likeness (QED) is 0.853. The first-order valence-electron chi connectivity index (χ1n) is 6.40. The molecule has 0 saturated carbocycles. The second-order valence-electron chi connectivity index (χ2n) is 5.01. The van der Waals surface area contributed by atoms with Crippen molar-refractivity contribution in [3.63, 3.8) is 0 Å². The van der Waals surface area contributed by atoms with Crippen LogP contribution in [-0.2, 0) is 16.6 Å². The number of sulfonamides is 1. The molecular formula is C13H13N3O4S. The smallest absolute Gasteiger partial charge is 0.269 e. The van der Waals surface area contributed by atoms with Gasteiger partial charge in [0, 0.05) is 5.92 Å². The SMILES string of the molecule is CC(C)c1noc(CN2C(=O)c3ccccc3S2(=O)=O)n1. The fourth-order valence-corrected chi connectivity index (χ4v) is 3.60. The third kappa shape index (κ3) is 2.11. The largest absolute Gasteiger partial charge is 0.337 e. The summed E-state index contributed by atoms with van der Waals surface area (Å²) in [4.78, 5) is 16.3. The van der Waals surface area contributed by atoms with Gasteiger partial charge in [-0.1, -0.05) is 31.1 Å². The number of carbonyl (C=O) groups is 1. The zero-order chi connectivity index (χ0) is 15.2. The monoisotopic (exact) mass is 307 g/mol. The second-order valence-corrected chi connectivity index (χ2v) is 6.84. The van der Waals surface area contributed by atoms with Gasteiger partial charge in [0.05, 0.1) is 5.56 Å². The molecule has 0 saturated heterocycles. The van der Waals surface area contributed by atoms with E-state index < -0.39 is 15.9 Å². The number of amides is 1. The van der Waals surface area contributed by atoms with Crippen LogP contribution in [0.3, 0.4) is 0 Å². The van der Waals surface area contributed by atoms with Gasteiger partial charge in [0.15, 0.2) is 5.82 Å². The van der Waals surface area contributed by atoms with Crippen LogP contribution in [0.1, 0.15) is 41.8 Å². The Morgan fingerprint density at radius 1 is 1.29 bits per heavy atom. The molecule has 110 valence electrons. The van der Waals surface area contributed by atoms with Gasteiger partial charge in [-0.25, -0.2) is 12.7 Å². The molecule has 0 spiro atoms. The van der Waals surface area contributed by atoms with Crippen LogP contribution in [0.5, 0.6) is 0 Å². The molecule has 1 aliphatic heterocycles. The van der Waals surface area contributed by atoms with E-state index in [4.69, 9.17) is 4.52 Å². The van der Waals surface area contributed by atoms with Crippen LogP contribution in [0.25, 0.3) is 0 Å². The predicted molar refractivity (Wildman–Crippen MR) is 71.9 cm³/mol. The Bertz CT molecular complexity index is 810. The lowest BCUT2D eigenvalue weighted by Gasteiger charge is -2.11. The third-order valence-corrected chi connectivity index (χ3v) is 4.98. The zero-order valence-electron chi connectivity index (χ0n) is 11.5. The van der Waals surface area contributed by atoms with Crippen LogP contribution < -0.4 is 0 Å². The van der Waals surface area contributed by atoms with Gasteiger partial charge in [0.25, 0.3) is 15.9 Å². The van der Waals surface area contributed by atoms with Crippen molar-refractivity contribution in [2.45, 2.75) is 31.2 Å². The summed E-state index contributed by atoms with van der Waals surface area (Å²) < 4.78 is 30.5. The zero-order valence-corrected chi connectivity index (χ0v) is 12.3. The molecule has 7 nitrogen and oxygen atoms in total. The first-order chi connectivity index (χ1) is 9.91. The molecule has 0 unspecified atom stereocenters. The normalized spacial score (nSPS) is 16.5. The van der Waals surface area contributed by atoms with Crippen molar-refractivity contribution < 1.29 is 17.7 Å². The fraction of sp³-hybridized carbons (Fsp3) is 0.308. The van der Waals surface area contributed by atoms with E-state index in [9.17, 15) is 13.2 Å². The molecule has 0 radical (unpaired) electrons. The van der Waals surface area contributed by atoms with E-state index in [1.54, 1.807) is 12.1 Å². The van der Waals surface area contributed by atoms with Crippen LogP contribution in [0.2, 0.25) is 0 Å². The minimum Gasteiger partial charge on any atom is -0.337 e. The Labute approximate surface area is 121 Å². The van der Waals surface area contributed by atoms with Crippen molar-refractivity contribution in [2.24, 2.45) is 0 Å². The van der Waals surface area contributed by atoms with E-state index in [-0.39, 0.29) is 28.8 Å². The molecule has 0 fully saturated rings. The number of benzene rings is 1. The van der Waals surface area contributed by atoms with Crippen LogP contribution in [0, 0.1) is 0 Å². The minimum absolute atomic E-state index is 0.0126. The van der Waals surface area contributed by atoms with E-state index in [0.717, 1.165) is 4.31 Å². The lowest BCUT2D eigenvalue weighted by molar-refractivity contribution is 0.0855. The molecule has 0 aliphatic carbocycles. The Morgan fingerprint density at radius 3 is 2.62 bits per heavy atom. The molecule has 1 aromatic heterocycles. The number of hydrogen-bond donors (Lipinski definition) is 0. The summed E-state index contributed by atoms with van der Waals surface area (Å²) in [6, 6.07) is 6.11. The van der Waals surface area contributed by atoms with Crippen LogP contribution in [0.4, 0.5) is 0 Å². The highest BCUT2D eigenvalue weighted by atomic mass is 32.2. The molecule has 2 aromatic rings. The number of fused-ring (bicyclic) bond motifs is 1. The third-order valence-electron chi connectivity index (χ3n) is 3.19. The Morgan fingerprint density at radius 2 is 2.00 bits per heavy atom. The van der Waals surface area contributed by atoms with Crippen molar-refractivity contribution in [2.75, 3.05) is 0 Å². The Kier molecular flexibility index (Phi) is 3.05. The molecule has 0 bridgehead atoms. The molecule has 8 heteroatoms. The van der Waals surface area contributed by atoms with Gasteiger partial charge >= 0.3 is 0 Å². The molecule has 3 rings (SSSR count). The Hall–Kier alpha value is -2.22. The summed E-state index contributed by atoms with van der Waals surface area (Å²) in [5.41, 5.74) is 0.168. The lowest BCUT2D eigenvalue weighted by atomic mass is 10.2. The average Bonchev–Trinajstić information content (AvgIpc) is 2.98. The van der Waals surface area contributed by atoms with Crippen molar-refractivity contribution in [3.8, 4) is 0 Å². The van der Waals surface area contributed by atoms with Crippen molar-refractivity contribution in [1.82, 2.24) is 14.4 Å². The van der Waals surface area contributed by atoms with Crippen LogP contribution in [-0.4, -0.2) is 28.8 Å². The number of hydrogen-bond acceptors (Lipinski definition) is 6. The van der Waals surface area contributed by atoms with Crippen molar-refractivity contribution in [3.05, 3.63) is 41.5 Å². The average molecular weight is 307 g/mol. The van der Waals surface area contributed by atoms with Gasteiger partial charge in [-0.2, -0.15) is 4.98 Å². The molecule has 21 heavy (non-hydrogen) atoms. The summed E-state index contributed by atoms with van der Waals surface area (Å²) in [6.07, 6.45) is 0. The second kappa shape index (κ2) is 4.66. The highest BCUT2D eigenvalue weighted by molar-refractivity contribution is 7.90. The number of nitrogens with zero attached hydrogens (tertiary/aromatic N) is 3. The summed E-state index contributed by atoms with van der Waals surface area (Å²) in [7, 11) is -3.85. The number of carbonyl (C=O) groups excluding carboxylic acids is 1. The molecule has 2 heterocycles. The van der Waals surface area contributed by atoms with Gasteiger partial charge in [-0.3, -0.25) is 4.79 Å². The first kappa shape index (κ1) is 13.7. The lowest BCUT2D eigenvalue weighted by Crippen LogP contribution is -2.29. The molecule has 0 atom stereocenters. The van der Waals surface area contributed by atoms with E-state index in [1.807, 2.05) is 13.8 Å². The summed E-state index contributed by atoms with van der Waals surface area (Å²) in [5.74, 6) is 0.0653. The molecule has 1 aliphatic rings. The van der Waals surface area contributed by atoms with Crippen LogP contribution in [0.15, 0.2) is 33.7 Å². The minimum atomic E-state index is -3.85. The van der Waals surface area contributed by atoms with Crippen molar-refractivity contribution in [1.29, 1.82) is 0 Å². The highest BCUT2D eigenvalue weighted by Crippen LogP contribution is 2.31. The van der Waals surface area contributed by atoms with Gasteiger partial charge in [0.1, 0.15) is 11.4 Å². The molecule has 1 aromatic carbocycles. The van der Waals surface area contributed by atoms with Gasteiger partial charge in [0.2, 0.25) is 5.89 Å². The molecule has 1 amide bonds. The van der Waals surface area contributed by atoms with Gasteiger partial charge in [-0.05, 0) is 12.1 Å². The van der Waals surface area contributed by atoms with E-state index in [0.29, 0.717) is 5.82 Å². The number of rotatable bonds is 3. The van der Waals surface area contributed by atoms with Crippen LogP contribution >= 0.6 is 0 Å². The van der Waals surface area contributed by atoms with E-state index in [2.05, 4.69) is 10.1 Å². The maximum absolute atomic E-state index is 12.4. The summed E-state index contributed by atoms with van der Waals surface area (Å²) in [6.45, 7) is 3.53. The van der Waals surface area contributed by atoms with E-state index >= 15 is 0 Å². The number of aromatic nitrogens is 2. The van der Waals surface area contributed by atoms with Gasteiger partial charge < -0.3 is 4.52 Å². The van der Waals surface area contributed by atoms with Crippen molar-refractivity contribution >= 4 is 15.9 Å². The first-order valence-corrected chi connectivity index (χ1v) is 7.84. The maximum Gasteiger partial charge on any atom is 0.269 e. The fourth-order valence-electron chi connectivity index (χ4n) is 2.08. The van der Waals surface area contributed by atoms with Gasteiger partial charge in [-0.15, -0.1) is 0 Å². The summed E-state index contributed by atoms with van der Waals surface area (Å²) in [5, 5.41) is 3.76. The predicted octanol–water partition coefficient (Wildman–Crippen LogP) is 1.54. The molecular weight excluding hydrogens is 294 g/mol. The Balaban J connectivity index is 1.95. The standard InChI is InChI=1S/C13H13N3O4S/c1-8(2)12-14-11(20-15-12)7-16-13(17)9-5-3-4-6-10(9)21(16,18)19/h3-6,8H,7H2,1-2H3. The highest BCUT2D eigenvalue weighted by Gasteiger charge is 2.41. The van der Waals surface area contributed by atoms with E-state index in [1.165, 1.54) is 12.1 Å².